The molecular formula is C24H26N8O2. The molecule has 1 aliphatic rings. The van der Waals surface area contributed by atoms with Gasteiger partial charge in [0, 0.05) is 38.1 Å². The van der Waals surface area contributed by atoms with E-state index >= 15 is 0 Å². The molecule has 0 saturated carbocycles. The highest BCUT2D eigenvalue weighted by Gasteiger charge is 2.22. The minimum absolute atomic E-state index is 0.0562. The summed E-state index contributed by atoms with van der Waals surface area (Å²) < 4.78 is 7.04. The third kappa shape index (κ3) is 4.61. The molecule has 4 aromatic rings. The molecule has 1 amide bonds. The third-order valence-corrected chi connectivity index (χ3v) is 5.71. The minimum Gasteiger partial charge on any atom is -0.494 e. The van der Waals surface area contributed by atoms with Crippen molar-refractivity contribution in [1.82, 2.24) is 24.7 Å². The van der Waals surface area contributed by atoms with E-state index in [-0.39, 0.29) is 12.5 Å². The quantitative estimate of drug-likeness (QED) is 0.451. The van der Waals surface area contributed by atoms with E-state index in [9.17, 15) is 4.79 Å². The summed E-state index contributed by atoms with van der Waals surface area (Å²) in [5.74, 6) is 2.41. The molecule has 34 heavy (non-hydrogen) atoms. The van der Waals surface area contributed by atoms with Gasteiger partial charge in [-0.1, -0.05) is 6.07 Å². The van der Waals surface area contributed by atoms with Crippen molar-refractivity contribution in [2.75, 3.05) is 47.9 Å². The fourth-order valence-electron chi connectivity index (χ4n) is 4.07. The number of fused-ring (bicyclic) bond motifs is 1. The molecule has 1 fully saturated rings. The first-order valence-electron chi connectivity index (χ1n) is 11.3. The van der Waals surface area contributed by atoms with Crippen LogP contribution in [0.3, 0.4) is 0 Å². The molecular weight excluding hydrogens is 432 g/mol. The van der Waals surface area contributed by atoms with Crippen molar-refractivity contribution in [2.45, 2.75) is 13.5 Å². The molecule has 1 saturated heterocycles. The van der Waals surface area contributed by atoms with Crippen molar-refractivity contribution in [3.63, 3.8) is 0 Å². The summed E-state index contributed by atoms with van der Waals surface area (Å²) in [7, 11) is 0. The number of carbonyl (C=O) groups excluding carboxylic acids is 1. The van der Waals surface area contributed by atoms with Gasteiger partial charge in [-0.15, -0.1) is 0 Å². The lowest BCUT2D eigenvalue weighted by Crippen LogP contribution is -2.47. The summed E-state index contributed by atoms with van der Waals surface area (Å²) in [5.41, 5.74) is 1.34. The van der Waals surface area contributed by atoms with E-state index in [1.165, 1.54) is 6.33 Å². The second-order valence-corrected chi connectivity index (χ2v) is 7.90. The molecule has 0 unspecified atom stereocenters. The molecule has 1 aliphatic heterocycles. The van der Waals surface area contributed by atoms with Gasteiger partial charge < -0.3 is 19.9 Å². The molecule has 1 aromatic carbocycles. The van der Waals surface area contributed by atoms with Crippen LogP contribution in [0, 0.1) is 0 Å². The van der Waals surface area contributed by atoms with E-state index in [0.717, 1.165) is 49.0 Å². The van der Waals surface area contributed by atoms with Gasteiger partial charge in [-0.2, -0.15) is 5.10 Å². The van der Waals surface area contributed by atoms with Crippen LogP contribution in [0.4, 0.5) is 17.3 Å². The highest BCUT2D eigenvalue weighted by Crippen LogP contribution is 2.25. The fourth-order valence-corrected chi connectivity index (χ4v) is 4.07. The molecule has 0 spiro atoms. The van der Waals surface area contributed by atoms with Crippen LogP contribution in [0.15, 0.2) is 61.2 Å². The Morgan fingerprint density at radius 1 is 1.00 bits per heavy atom. The Hall–Kier alpha value is -4.21. The Bertz CT molecular complexity index is 1250. The number of hydrogen-bond acceptors (Lipinski definition) is 8. The van der Waals surface area contributed by atoms with Crippen LogP contribution in [-0.2, 0) is 11.3 Å². The van der Waals surface area contributed by atoms with Crippen molar-refractivity contribution >= 4 is 34.3 Å². The number of piperazine rings is 1. The van der Waals surface area contributed by atoms with E-state index in [0.29, 0.717) is 17.9 Å². The number of nitrogens with zero attached hydrogens (tertiary/aromatic N) is 7. The first kappa shape index (κ1) is 21.6. The molecule has 10 nitrogen and oxygen atoms in total. The Morgan fingerprint density at radius 3 is 2.53 bits per heavy atom. The van der Waals surface area contributed by atoms with Gasteiger partial charge in [0.15, 0.2) is 5.65 Å². The number of benzene rings is 1. The normalized spacial score (nSPS) is 13.8. The Kier molecular flexibility index (Phi) is 6.19. The zero-order valence-electron chi connectivity index (χ0n) is 19.0. The summed E-state index contributed by atoms with van der Waals surface area (Å²) in [6.07, 6.45) is 5.08. The summed E-state index contributed by atoms with van der Waals surface area (Å²) in [6, 6.07) is 13.2. The lowest BCUT2D eigenvalue weighted by molar-refractivity contribution is -0.116. The number of aromatic nitrogens is 5. The van der Waals surface area contributed by atoms with Crippen molar-refractivity contribution in [3.8, 4) is 5.75 Å². The highest BCUT2D eigenvalue weighted by molar-refractivity contribution is 5.92. The average Bonchev–Trinajstić information content (AvgIpc) is 3.29. The summed E-state index contributed by atoms with van der Waals surface area (Å²) in [6.45, 7) is 5.91. The van der Waals surface area contributed by atoms with Crippen LogP contribution in [0.5, 0.6) is 5.75 Å². The number of carbonyl (C=O) groups is 1. The maximum Gasteiger partial charge on any atom is 0.246 e. The van der Waals surface area contributed by atoms with Crippen molar-refractivity contribution in [3.05, 3.63) is 61.2 Å². The molecule has 174 valence electrons. The third-order valence-electron chi connectivity index (χ3n) is 5.71. The summed E-state index contributed by atoms with van der Waals surface area (Å²) in [4.78, 5) is 30.5. The van der Waals surface area contributed by atoms with Crippen LogP contribution < -0.4 is 19.9 Å². The number of hydrogen-bond donors (Lipinski definition) is 1. The first-order chi connectivity index (χ1) is 16.7. The zero-order chi connectivity index (χ0) is 23.3. The van der Waals surface area contributed by atoms with Crippen LogP contribution >= 0.6 is 0 Å². The topological polar surface area (TPSA) is 101 Å². The maximum absolute atomic E-state index is 12.6. The van der Waals surface area contributed by atoms with Gasteiger partial charge in [-0.3, -0.25) is 4.79 Å². The molecule has 0 radical (unpaired) electrons. The van der Waals surface area contributed by atoms with Crippen molar-refractivity contribution in [1.29, 1.82) is 0 Å². The number of nitrogens with one attached hydrogen (secondary N) is 1. The van der Waals surface area contributed by atoms with Gasteiger partial charge in [0.2, 0.25) is 5.91 Å². The molecule has 0 atom stereocenters. The first-order valence-corrected chi connectivity index (χ1v) is 11.3. The molecule has 1 N–H and O–H groups in total. The van der Waals surface area contributed by atoms with Crippen molar-refractivity contribution < 1.29 is 9.53 Å². The summed E-state index contributed by atoms with van der Waals surface area (Å²) >= 11 is 0. The van der Waals surface area contributed by atoms with Gasteiger partial charge in [-0.05, 0) is 43.3 Å². The Labute approximate surface area is 197 Å². The largest absolute Gasteiger partial charge is 0.494 e. The lowest BCUT2D eigenvalue weighted by atomic mass is 10.2. The van der Waals surface area contributed by atoms with E-state index in [1.807, 2.05) is 55.6 Å². The summed E-state index contributed by atoms with van der Waals surface area (Å²) in [5, 5.41) is 8.15. The van der Waals surface area contributed by atoms with Crippen LogP contribution in [0.2, 0.25) is 0 Å². The standard InChI is InChI=1S/C24H26N8O2/c1-2-34-19-8-6-18(7-9-19)29-22(33)16-32-24-20(15-28-32)23(26-17-27-24)31-13-11-30(12-14-31)21-5-3-4-10-25-21/h3-10,15,17H,2,11-14,16H2,1H3,(H,29,33). The van der Waals surface area contributed by atoms with E-state index in [1.54, 1.807) is 10.9 Å². The number of anilines is 3. The molecule has 4 heterocycles. The molecule has 0 bridgehead atoms. The maximum atomic E-state index is 12.6. The predicted molar refractivity (Wildman–Crippen MR) is 130 cm³/mol. The van der Waals surface area contributed by atoms with Gasteiger partial charge >= 0.3 is 0 Å². The molecule has 0 aliphatic carbocycles. The molecule has 5 rings (SSSR count). The lowest BCUT2D eigenvalue weighted by Gasteiger charge is -2.36. The molecule has 10 heteroatoms. The number of ether oxygens (including phenoxy) is 1. The van der Waals surface area contributed by atoms with Crippen LogP contribution in [0.1, 0.15) is 6.92 Å². The van der Waals surface area contributed by atoms with Gasteiger partial charge in [0.25, 0.3) is 0 Å². The van der Waals surface area contributed by atoms with Crippen molar-refractivity contribution in [2.24, 2.45) is 0 Å². The fraction of sp³-hybridized carbons (Fsp3) is 0.292. The monoisotopic (exact) mass is 458 g/mol. The number of rotatable bonds is 7. The average molecular weight is 459 g/mol. The SMILES string of the molecule is CCOc1ccc(NC(=O)Cn2ncc3c(N4CCN(c5ccccn5)CC4)ncnc32)cc1. The van der Waals surface area contributed by atoms with Crippen LogP contribution in [0.25, 0.3) is 11.0 Å². The van der Waals surface area contributed by atoms with E-state index in [4.69, 9.17) is 4.74 Å². The smallest absolute Gasteiger partial charge is 0.246 e. The highest BCUT2D eigenvalue weighted by atomic mass is 16.5. The second-order valence-electron chi connectivity index (χ2n) is 7.90. The van der Waals surface area contributed by atoms with E-state index in [2.05, 4.69) is 35.2 Å². The molecule has 3 aromatic heterocycles. The van der Waals surface area contributed by atoms with Gasteiger partial charge in [-0.25, -0.2) is 19.6 Å². The number of pyridine rings is 1. The Morgan fingerprint density at radius 2 is 1.79 bits per heavy atom. The van der Waals surface area contributed by atoms with Gasteiger partial charge in [0.05, 0.1) is 18.2 Å². The zero-order valence-corrected chi connectivity index (χ0v) is 19.0. The predicted octanol–water partition coefficient (Wildman–Crippen LogP) is 2.59. The minimum atomic E-state index is -0.182. The second kappa shape index (κ2) is 9.74. The number of amides is 1. The van der Waals surface area contributed by atoms with E-state index < -0.39 is 0 Å². The van der Waals surface area contributed by atoms with Gasteiger partial charge in [0.1, 0.15) is 30.3 Å². The van der Waals surface area contributed by atoms with Crippen LogP contribution in [-0.4, -0.2) is 63.4 Å². The Balaban J connectivity index is 1.26.